The van der Waals surface area contributed by atoms with Crippen LogP contribution in [0.4, 0.5) is 0 Å². The molecule has 1 aromatic heterocycles. The third kappa shape index (κ3) is 2.39. The van der Waals surface area contributed by atoms with Gasteiger partial charge in [0.1, 0.15) is 0 Å². The molecule has 8 heteroatoms. The number of aromatic nitrogens is 3. The van der Waals surface area contributed by atoms with E-state index in [9.17, 15) is 0 Å². The topological polar surface area (TPSA) is 68.8 Å². The van der Waals surface area contributed by atoms with E-state index >= 15 is 0 Å². The first kappa shape index (κ1) is 13.8. The molecule has 2 rings (SSSR count). The summed E-state index contributed by atoms with van der Waals surface area (Å²) < 4.78 is 2.19. The van der Waals surface area contributed by atoms with Gasteiger partial charge in [0.25, 0.3) is 0 Å². The zero-order valence-corrected chi connectivity index (χ0v) is 12.5. The summed E-state index contributed by atoms with van der Waals surface area (Å²) in [6.45, 7) is 0. The van der Waals surface area contributed by atoms with Crippen molar-refractivity contribution in [2.75, 3.05) is 0 Å². The van der Waals surface area contributed by atoms with E-state index in [2.05, 4.69) is 31.7 Å². The monoisotopic (exact) mass is 349 g/mol. The van der Waals surface area contributed by atoms with Crippen molar-refractivity contribution in [3.63, 3.8) is 0 Å². The summed E-state index contributed by atoms with van der Waals surface area (Å²) in [7, 11) is 1.77. The Hall–Kier alpha value is -0.660. The molecule has 0 saturated carbocycles. The highest BCUT2D eigenvalue weighted by Gasteiger charge is 2.24. The lowest BCUT2D eigenvalue weighted by Crippen LogP contribution is -2.31. The number of rotatable bonds is 3. The van der Waals surface area contributed by atoms with Crippen LogP contribution in [0.15, 0.2) is 22.8 Å². The zero-order valence-electron chi connectivity index (χ0n) is 9.36. The van der Waals surface area contributed by atoms with Gasteiger partial charge in [0, 0.05) is 22.7 Å². The summed E-state index contributed by atoms with van der Waals surface area (Å²) in [5, 5.41) is 8.88. The normalized spacial score (nSPS) is 12.7. The molecule has 2 aromatic rings. The largest absolute Gasteiger partial charge is 0.271 e. The van der Waals surface area contributed by atoms with Crippen LogP contribution >= 0.6 is 39.1 Å². The van der Waals surface area contributed by atoms with Gasteiger partial charge in [0.15, 0.2) is 4.60 Å². The third-order valence-corrected chi connectivity index (χ3v) is 3.78. The van der Waals surface area contributed by atoms with E-state index in [0.717, 1.165) is 5.69 Å². The van der Waals surface area contributed by atoms with E-state index in [4.69, 9.17) is 29.0 Å². The molecule has 5 nitrogen and oxygen atoms in total. The maximum Gasteiger partial charge on any atom is 0.153 e. The van der Waals surface area contributed by atoms with Crippen molar-refractivity contribution in [1.29, 1.82) is 0 Å². The minimum Gasteiger partial charge on any atom is -0.271 e. The fraction of sp³-hybridized carbons (Fsp3) is 0.200. The highest BCUT2D eigenvalue weighted by Crippen LogP contribution is 2.35. The summed E-state index contributed by atoms with van der Waals surface area (Å²) in [5.41, 5.74) is 4.12. The molecule has 0 aliphatic carbocycles. The molecule has 0 fully saturated rings. The molecule has 96 valence electrons. The number of halogens is 3. The number of hydrogen-bond donors (Lipinski definition) is 2. The first-order valence-electron chi connectivity index (χ1n) is 5.01. The molecule has 1 aromatic carbocycles. The highest BCUT2D eigenvalue weighted by molar-refractivity contribution is 9.10. The maximum absolute atomic E-state index is 6.18. The average Bonchev–Trinajstić information content (AvgIpc) is 2.65. The van der Waals surface area contributed by atoms with Crippen molar-refractivity contribution >= 4 is 39.1 Å². The molecule has 3 N–H and O–H groups in total. The lowest BCUT2D eigenvalue weighted by molar-refractivity contribution is 0.569. The van der Waals surface area contributed by atoms with Crippen LogP contribution in [0.3, 0.4) is 0 Å². The van der Waals surface area contributed by atoms with Crippen molar-refractivity contribution in [1.82, 2.24) is 20.4 Å². The second kappa shape index (κ2) is 5.54. The molecule has 18 heavy (non-hydrogen) atoms. The fourth-order valence-corrected chi connectivity index (χ4v) is 2.90. The van der Waals surface area contributed by atoms with E-state index in [1.165, 1.54) is 0 Å². The minimum atomic E-state index is -0.402. The number of aryl methyl sites for hydroxylation is 1. The van der Waals surface area contributed by atoms with Crippen molar-refractivity contribution in [2.24, 2.45) is 12.9 Å². The summed E-state index contributed by atoms with van der Waals surface area (Å²) in [6, 6.07) is 4.88. The van der Waals surface area contributed by atoms with Gasteiger partial charge in [-0.15, -0.1) is 5.10 Å². The van der Waals surface area contributed by atoms with Gasteiger partial charge in [0.05, 0.1) is 11.7 Å². The second-order valence-corrected chi connectivity index (χ2v) is 5.19. The van der Waals surface area contributed by atoms with Crippen LogP contribution < -0.4 is 11.3 Å². The van der Waals surface area contributed by atoms with E-state index in [-0.39, 0.29) is 0 Å². The van der Waals surface area contributed by atoms with E-state index in [1.54, 1.807) is 29.9 Å². The first-order valence-corrected chi connectivity index (χ1v) is 6.56. The van der Waals surface area contributed by atoms with E-state index in [0.29, 0.717) is 20.2 Å². The average molecular weight is 351 g/mol. The molecular formula is C10H10BrCl2N5. The predicted molar refractivity (Wildman–Crippen MR) is 74.3 cm³/mol. The quantitative estimate of drug-likeness (QED) is 0.659. The van der Waals surface area contributed by atoms with Crippen LogP contribution in [0.5, 0.6) is 0 Å². The number of hydrogen-bond acceptors (Lipinski definition) is 4. The molecule has 0 saturated heterocycles. The van der Waals surface area contributed by atoms with Gasteiger partial charge >= 0.3 is 0 Å². The number of nitrogens with one attached hydrogen (secondary N) is 1. The number of hydrazine groups is 1. The van der Waals surface area contributed by atoms with Crippen molar-refractivity contribution in [2.45, 2.75) is 6.04 Å². The Bertz CT molecular complexity index is 532. The smallest absolute Gasteiger partial charge is 0.153 e. The molecule has 0 amide bonds. The number of nitrogens with two attached hydrogens (primary N) is 1. The van der Waals surface area contributed by atoms with Crippen LogP contribution in [0.25, 0.3) is 0 Å². The highest BCUT2D eigenvalue weighted by atomic mass is 79.9. The molecule has 0 aliphatic heterocycles. The number of nitrogens with zero attached hydrogens (tertiary/aromatic N) is 3. The van der Waals surface area contributed by atoms with Crippen molar-refractivity contribution < 1.29 is 0 Å². The molecule has 1 unspecified atom stereocenters. The SMILES string of the molecule is Cn1nnc(Br)c1C(NN)c1c(Cl)cccc1Cl. The van der Waals surface area contributed by atoms with Crippen LogP contribution in [0, 0.1) is 0 Å². The summed E-state index contributed by atoms with van der Waals surface area (Å²) >= 11 is 15.7. The molecule has 0 radical (unpaired) electrons. The predicted octanol–water partition coefficient (Wildman–Crippen LogP) is 2.44. The van der Waals surface area contributed by atoms with Crippen LogP contribution in [-0.2, 0) is 7.05 Å². The van der Waals surface area contributed by atoms with Gasteiger partial charge in [-0.2, -0.15) is 0 Å². The Labute approximate surface area is 122 Å². The fourth-order valence-electron chi connectivity index (χ4n) is 1.73. The molecule has 0 spiro atoms. The molecular weight excluding hydrogens is 341 g/mol. The Morgan fingerprint density at radius 1 is 1.39 bits per heavy atom. The lowest BCUT2D eigenvalue weighted by atomic mass is 10.0. The van der Waals surface area contributed by atoms with Gasteiger partial charge in [-0.1, -0.05) is 34.5 Å². The standard InChI is InChI=1S/C10H10BrCl2N5/c1-18-9(10(11)16-17-18)8(15-14)7-5(12)3-2-4-6(7)13/h2-4,8,15H,14H2,1H3. The van der Waals surface area contributed by atoms with Crippen LogP contribution in [-0.4, -0.2) is 15.0 Å². The van der Waals surface area contributed by atoms with Crippen molar-refractivity contribution in [3.8, 4) is 0 Å². The number of benzene rings is 1. The lowest BCUT2D eigenvalue weighted by Gasteiger charge is -2.19. The van der Waals surface area contributed by atoms with Crippen LogP contribution in [0.1, 0.15) is 17.3 Å². The van der Waals surface area contributed by atoms with Crippen molar-refractivity contribution in [3.05, 3.63) is 44.1 Å². The Kier molecular flexibility index (Phi) is 4.24. The van der Waals surface area contributed by atoms with Gasteiger partial charge in [-0.05, 0) is 28.1 Å². The van der Waals surface area contributed by atoms with Crippen LogP contribution in [0.2, 0.25) is 10.0 Å². The Balaban J connectivity index is 2.59. The Morgan fingerprint density at radius 3 is 2.44 bits per heavy atom. The van der Waals surface area contributed by atoms with E-state index in [1.807, 2.05) is 0 Å². The second-order valence-electron chi connectivity index (χ2n) is 3.62. The van der Waals surface area contributed by atoms with Gasteiger partial charge in [0.2, 0.25) is 0 Å². The molecule has 1 atom stereocenters. The first-order chi connectivity index (χ1) is 8.56. The van der Waals surface area contributed by atoms with Gasteiger partial charge in [-0.3, -0.25) is 5.84 Å². The maximum atomic E-state index is 6.18. The summed E-state index contributed by atoms with van der Waals surface area (Å²) in [6.07, 6.45) is 0. The van der Waals surface area contributed by atoms with E-state index < -0.39 is 6.04 Å². The third-order valence-electron chi connectivity index (χ3n) is 2.56. The zero-order chi connectivity index (χ0) is 13.3. The molecule has 1 heterocycles. The summed E-state index contributed by atoms with van der Waals surface area (Å²) in [4.78, 5) is 0. The van der Waals surface area contributed by atoms with Gasteiger partial charge in [-0.25, -0.2) is 10.1 Å². The summed E-state index contributed by atoms with van der Waals surface area (Å²) in [5.74, 6) is 5.61. The molecule has 0 aliphatic rings. The minimum absolute atomic E-state index is 0.402. The molecule has 0 bridgehead atoms. The Morgan fingerprint density at radius 2 is 2.00 bits per heavy atom. The van der Waals surface area contributed by atoms with Gasteiger partial charge < -0.3 is 0 Å².